The van der Waals surface area contributed by atoms with Crippen molar-refractivity contribution in [3.05, 3.63) is 27.7 Å². The number of aliphatic hydroxyl groups is 1. The van der Waals surface area contributed by atoms with Crippen LogP contribution in [0.5, 0.6) is 0 Å². The molecule has 5 nitrogen and oxygen atoms in total. The maximum atomic E-state index is 11.8. The van der Waals surface area contributed by atoms with Gasteiger partial charge < -0.3 is 15.6 Å². The van der Waals surface area contributed by atoms with Crippen LogP contribution in [-0.2, 0) is 11.3 Å². The predicted molar refractivity (Wildman–Crippen MR) is 80.4 cm³/mol. The van der Waals surface area contributed by atoms with Gasteiger partial charge in [0.25, 0.3) is 0 Å². The van der Waals surface area contributed by atoms with E-state index in [4.69, 9.17) is 10.5 Å². The molecule has 0 bridgehead atoms. The van der Waals surface area contributed by atoms with E-state index < -0.39 is 5.97 Å². The van der Waals surface area contributed by atoms with E-state index in [9.17, 15) is 9.90 Å². The lowest BCUT2D eigenvalue weighted by Gasteiger charge is -2.17. The third-order valence-electron chi connectivity index (χ3n) is 3.36. The first kappa shape index (κ1) is 15.3. The molecule has 0 amide bonds. The van der Waals surface area contributed by atoms with Crippen molar-refractivity contribution in [1.82, 2.24) is 4.90 Å². The van der Waals surface area contributed by atoms with Gasteiger partial charge in [-0.3, -0.25) is 4.90 Å². The molecule has 0 aliphatic carbocycles. The van der Waals surface area contributed by atoms with E-state index in [1.54, 1.807) is 19.1 Å². The van der Waals surface area contributed by atoms with Gasteiger partial charge >= 0.3 is 5.97 Å². The molecule has 1 aliphatic rings. The number of nitrogen functional groups attached to an aromatic ring is 1. The van der Waals surface area contributed by atoms with E-state index in [2.05, 4.69) is 20.8 Å². The van der Waals surface area contributed by atoms with Gasteiger partial charge in [-0.15, -0.1) is 0 Å². The first-order chi connectivity index (χ1) is 9.51. The third-order valence-corrected chi connectivity index (χ3v) is 4.09. The van der Waals surface area contributed by atoms with Crippen LogP contribution in [0.15, 0.2) is 16.6 Å². The Kier molecular flexibility index (Phi) is 5.01. The smallest absolute Gasteiger partial charge is 0.340 e. The lowest BCUT2D eigenvalue weighted by molar-refractivity contribution is 0.0527. The Hall–Kier alpha value is -1.11. The minimum absolute atomic E-state index is 0.245. The van der Waals surface area contributed by atoms with Gasteiger partial charge in [0.15, 0.2) is 0 Å². The van der Waals surface area contributed by atoms with Crippen molar-refractivity contribution in [1.29, 1.82) is 0 Å². The number of nitrogens with zero attached hydrogens (tertiary/aromatic N) is 1. The van der Waals surface area contributed by atoms with Gasteiger partial charge in [0.1, 0.15) is 0 Å². The number of carbonyl (C=O) groups excluding carboxylic acids is 1. The highest BCUT2D eigenvalue weighted by atomic mass is 79.9. The SMILES string of the molecule is CCOC(=O)c1cc(Br)c(CN2CCC(O)C2)cc1N. The van der Waals surface area contributed by atoms with Crippen LogP contribution in [0, 0.1) is 0 Å². The van der Waals surface area contributed by atoms with Crippen molar-refractivity contribution in [3.63, 3.8) is 0 Å². The van der Waals surface area contributed by atoms with Crippen LogP contribution >= 0.6 is 15.9 Å². The fourth-order valence-corrected chi connectivity index (χ4v) is 2.81. The minimum Gasteiger partial charge on any atom is -0.462 e. The van der Waals surface area contributed by atoms with Crippen LogP contribution in [0.4, 0.5) is 5.69 Å². The topological polar surface area (TPSA) is 75.8 Å². The van der Waals surface area contributed by atoms with Gasteiger partial charge in [0.05, 0.1) is 18.3 Å². The van der Waals surface area contributed by atoms with Gasteiger partial charge in [0.2, 0.25) is 0 Å². The maximum Gasteiger partial charge on any atom is 0.340 e. The van der Waals surface area contributed by atoms with Crippen molar-refractivity contribution in [2.45, 2.75) is 26.0 Å². The van der Waals surface area contributed by atoms with Crippen LogP contribution in [0.2, 0.25) is 0 Å². The molecule has 0 aromatic heterocycles. The number of aliphatic hydroxyl groups excluding tert-OH is 1. The van der Waals surface area contributed by atoms with Gasteiger partial charge in [-0.25, -0.2) is 4.79 Å². The van der Waals surface area contributed by atoms with Crippen LogP contribution in [0.25, 0.3) is 0 Å². The first-order valence-corrected chi connectivity index (χ1v) is 7.46. The number of benzene rings is 1. The molecule has 1 aromatic rings. The standard InChI is InChI=1S/C14H19BrN2O3/c1-2-20-14(19)11-6-12(15)9(5-13(11)16)7-17-4-3-10(18)8-17/h5-6,10,18H,2-4,7-8,16H2,1H3. The molecule has 0 saturated carbocycles. The first-order valence-electron chi connectivity index (χ1n) is 6.66. The summed E-state index contributed by atoms with van der Waals surface area (Å²) in [5, 5.41) is 9.54. The molecule has 1 saturated heterocycles. The molecule has 20 heavy (non-hydrogen) atoms. The molecule has 1 fully saturated rings. The van der Waals surface area contributed by atoms with Crippen molar-refractivity contribution in [2.24, 2.45) is 0 Å². The van der Waals surface area contributed by atoms with Crippen molar-refractivity contribution in [3.8, 4) is 0 Å². The number of likely N-dealkylation sites (tertiary alicyclic amines) is 1. The zero-order valence-corrected chi connectivity index (χ0v) is 13.0. The van der Waals surface area contributed by atoms with E-state index >= 15 is 0 Å². The number of anilines is 1. The molecule has 1 atom stereocenters. The normalized spacial score (nSPS) is 19.2. The summed E-state index contributed by atoms with van der Waals surface area (Å²) in [6, 6.07) is 3.50. The van der Waals surface area contributed by atoms with E-state index in [0.29, 0.717) is 30.9 Å². The van der Waals surface area contributed by atoms with Crippen molar-refractivity contribution in [2.75, 3.05) is 25.4 Å². The molecule has 0 radical (unpaired) electrons. The average Bonchev–Trinajstić information content (AvgIpc) is 2.79. The van der Waals surface area contributed by atoms with Crippen molar-refractivity contribution >= 4 is 27.6 Å². The number of ether oxygens (including phenoxy) is 1. The van der Waals surface area contributed by atoms with Crippen LogP contribution < -0.4 is 5.73 Å². The Labute approximate surface area is 126 Å². The van der Waals surface area contributed by atoms with Gasteiger partial charge in [0, 0.05) is 29.8 Å². The highest BCUT2D eigenvalue weighted by molar-refractivity contribution is 9.10. The summed E-state index contributed by atoms with van der Waals surface area (Å²) >= 11 is 3.47. The molecule has 3 N–H and O–H groups in total. The summed E-state index contributed by atoms with van der Waals surface area (Å²) in [7, 11) is 0. The second-order valence-electron chi connectivity index (χ2n) is 4.93. The number of esters is 1. The Morgan fingerprint density at radius 1 is 1.60 bits per heavy atom. The Balaban J connectivity index is 2.15. The summed E-state index contributed by atoms with van der Waals surface area (Å²) in [6.07, 6.45) is 0.554. The van der Waals surface area contributed by atoms with Crippen LogP contribution in [0.1, 0.15) is 29.3 Å². The van der Waals surface area contributed by atoms with E-state index in [1.165, 1.54) is 0 Å². The second-order valence-corrected chi connectivity index (χ2v) is 5.78. The molecule has 1 unspecified atom stereocenters. The molecule has 0 spiro atoms. The van der Waals surface area contributed by atoms with E-state index in [0.717, 1.165) is 23.0 Å². The summed E-state index contributed by atoms with van der Waals surface area (Å²) in [4.78, 5) is 13.9. The summed E-state index contributed by atoms with van der Waals surface area (Å²) in [6.45, 7) is 4.32. The minimum atomic E-state index is -0.408. The van der Waals surface area contributed by atoms with E-state index in [1.807, 2.05) is 0 Å². The molecule has 1 aliphatic heterocycles. The number of carbonyl (C=O) groups is 1. The van der Waals surface area contributed by atoms with Crippen LogP contribution in [0.3, 0.4) is 0 Å². The predicted octanol–water partition coefficient (Wildman–Crippen LogP) is 1.77. The number of hydrogen-bond acceptors (Lipinski definition) is 5. The number of β-amino-alcohol motifs (C(OH)–C–C–N with tert-alkyl or cyclic N) is 1. The summed E-state index contributed by atoms with van der Waals surface area (Å²) < 4.78 is 5.80. The Morgan fingerprint density at radius 2 is 2.35 bits per heavy atom. The molecular formula is C14H19BrN2O3. The molecule has 1 aromatic carbocycles. The number of hydrogen-bond donors (Lipinski definition) is 2. The number of rotatable bonds is 4. The molecular weight excluding hydrogens is 324 g/mol. The van der Waals surface area contributed by atoms with E-state index in [-0.39, 0.29) is 6.10 Å². The van der Waals surface area contributed by atoms with Crippen LogP contribution in [-0.4, -0.2) is 41.8 Å². The Morgan fingerprint density at radius 3 is 2.95 bits per heavy atom. The fourth-order valence-electron chi connectivity index (χ4n) is 2.34. The summed E-state index contributed by atoms with van der Waals surface area (Å²) in [5.41, 5.74) is 7.73. The quantitative estimate of drug-likeness (QED) is 0.644. The average molecular weight is 343 g/mol. The molecule has 6 heteroatoms. The summed E-state index contributed by atoms with van der Waals surface area (Å²) in [5.74, 6) is -0.408. The lowest BCUT2D eigenvalue weighted by atomic mass is 10.1. The van der Waals surface area contributed by atoms with Gasteiger partial charge in [-0.2, -0.15) is 0 Å². The van der Waals surface area contributed by atoms with Crippen molar-refractivity contribution < 1.29 is 14.6 Å². The zero-order chi connectivity index (χ0) is 14.7. The van der Waals surface area contributed by atoms with Gasteiger partial charge in [-0.05, 0) is 31.0 Å². The number of nitrogens with two attached hydrogens (primary N) is 1. The molecule has 1 heterocycles. The monoisotopic (exact) mass is 342 g/mol. The maximum absolute atomic E-state index is 11.8. The highest BCUT2D eigenvalue weighted by Crippen LogP contribution is 2.26. The second kappa shape index (κ2) is 6.56. The Bertz CT molecular complexity index is 507. The lowest BCUT2D eigenvalue weighted by Crippen LogP contribution is -2.22. The fraction of sp³-hybridized carbons (Fsp3) is 0.500. The molecule has 2 rings (SSSR count). The van der Waals surface area contributed by atoms with Gasteiger partial charge in [-0.1, -0.05) is 15.9 Å². The molecule has 110 valence electrons. The number of halogens is 1. The zero-order valence-electron chi connectivity index (χ0n) is 11.4. The third kappa shape index (κ3) is 3.50. The largest absolute Gasteiger partial charge is 0.462 e. The highest BCUT2D eigenvalue weighted by Gasteiger charge is 2.22.